The molecule has 0 radical (unpaired) electrons. The third-order valence-electron chi connectivity index (χ3n) is 4.24. The third-order valence-corrected chi connectivity index (χ3v) is 4.48. The molecule has 1 saturated heterocycles. The fourth-order valence-corrected chi connectivity index (χ4v) is 2.77. The van der Waals surface area contributed by atoms with Crippen LogP contribution in [0.15, 0.2) is 24.3 Å². The molecule has 2 amide bonds. The molecule has 7 heteroatoms. The quantitative estimate of drug-likeness (QED) is 0.831. The van der Waals surface area contributed by atoms with Gasteiger partial charge in [-0.3, -0.25) is 9.59 Å². The van der Waals surface area contributed by atoms with Crippen molar-refractivity contribution in [1.82, 2.24) is 10.2 Å². The smallest absolute Gasteiger partial charge is 0.242 e. The Morgan fingerprint density at radius 1 is 1.25 bits per heavy atom. The lowest BCUT2D eigenvalue weighted by Crippen LogP contribution is -2.52. The fourth-order valence-electron chi connectivity index (χ4n) is 2.58. The molecule has 1 heterocycles. The second-order valence-corrected chi connectivity index (χ2v) is 6.77. The first-order chi connectivity index (χ1) is 11.4. The van der Waals surface area contributed by atoms with Crippen molar-refractivity contribution in [2.45, 2.75) is 19.9 Å². The van der Waals surface area contributed by atoms with Crippen LogP contribution in [0.2, 0.25) is 5.02 Å². The van der Waals surface area contributed by atoms with Gasteiger partial charge in [-0.2, -0.15) is 0 Å². The lowest BCUT2D eigenvalue weighted by Gasteiger charge is -2.36. The van der Waals surface area contributed by atoms with Crippen LogP contribution in [0.5, 0.6) is 0 Å². The molecule has 1 aromatic carbocycles. The lowest BCUT2D eigenvalue weighted by atomic mass is 10.1. The second kappa shape index (κ2) is 8.35. The first kappa shape index (κ1) is 18.5. The molecule has 132 valence electrons. The number of benzene rings is 1. The average molecular weight is 353 g/mol. The Labute approximate surface area is 147 Å². The van der Waals surface area contributed by atoms with Gasteiger partial charge in [0.05, 0.1) is 12.6 Å². The van der Waals surface area contributed by atoms with Gasteiger partial charge in [0.25, 0.3) is 0 Å². The zero-order chi connectivity index (χ0) is 17.7. The largest absolute Gasteiger partial charge is 0.368 e. The molecule has 0 aromatic heterocycles. The predicted octanol–water partition coefficient (Wildman–Crippen LogP) is 1.09. The van der Waals surface area contributed by atoms with Crippen LogP contribution in [0.3, 0.4) is 0 Å². The SMILES string of the molecule is CC(C)[C@H](N)C(=O)NCC(=O)N1CCN(c2cccc(Cl)c2)CC1. The van der Waals surface area contributed by atoms with E-state index in [2.05, 4.69) is 10.2 Å². The molecule has 0 spiro atoms. The highest BCUT2D eigenvalue weighted by molar-refractivity contribution is 6.30. The summed E-state index contributed by atoms with van der Waals surface area (Å²) in [5, 5.41) is 3.33. The molecule has 0 bridgehead atoms. The van der Waals surface area contributed by atoms with Crippen LogP contribution in [-0.4, -0.2) is 55.5 Å². The summed E-state index contributed by atoms with van der Waals surface area (Å²) < 4.78 is 0. The van der Waals surface area contributed by atoms with Gasteiger partial charge in [-0.25, -0.2) is 0 Å². The van der Waals surface area contributed by atoms with E-state index in [1.54, 1.807) is 4.90 Å². The predicted molar refractivity (Wildman–Crippen MR) is 96.1 cm³/mol. The van der Waals surface area contributed by atoms with Crippen LogP contribution in [0, 0.1) is 5.92 Å². The highest BCUT2D eigenvalue weighted by atomic mass is 35.5. The van der Waals surface area contributed by atoms with E-state index in [0.717, 1.165) is 18.8 Å². The number of nitrogens with zero attached hydrogens (tertiary/aromatic N) is 2. The van der Waals surface area contributed by atoms with Crippen molar-refractivity contribution in [2.24, 2.45) is 11.7 Å². The Bertz CT molecular complexity index is 586. The number of halogens is 1. The standard InChI is InChI=1S/C17H25ClN4O2/c1-12(2)16(19)17(24)20-11-15(23)22-8-6-21(7-9-22)14-5-3-4-13(18)10-14/h3-5,10,12,16H,6-9,11,19H2,1-2H3,(H,20,24)/t16-/m0/s1. The van der Waals surface area contributed by atoms with Crippen molar-refractivity contribution in [3.8, 4) is 0 Å². The average Bonchev–Trinajstić information content (AvgIpc) is 2.58. The van der Waals surface area contributed by atoms with Gasteiger partial charge in [-0.05, 0) is 24.1 Å². The van der Waals surface area contributed by atoms with Crippen molar-refractivity contribution in [3.63, 3.8) is 0 Å². The van der Waals surface area contributed by atoms with E-state index in [0.29, 0.717) is 18.1 Å². The summed E-state index contributed by atoms with van der Waals surface area (Å²) >= 11 is 6.02. The maximum Gasteiger partial charge on any atom is 0.242 e. The van der Waals surface area contributed by atoms with Gasteiger partial charge in [0.1, 0.15) is 0 Å². The Kier molecular flexibility index (Phi) is 6.45. The van der Waals surface area contributed by atoms with Gasteiger partial charge >= 0.3 is 0 Å². The number of carbonyl (C=O) groups is 2. The molecule has 1 atom stereocenters. The summed E-state index contributed by atoms with van der Waals surface area (Å²) in [4.78, 5) is 28.0. The molecular weight excluding hydrogens is 328 g/mol. The molecule has 1 aliphatic heterocycles. The number of hydrogen-bond acceptors (Lipinski definition) is 4. The molecule has 3 N–H and O–H groups in total. The van der Waals surface area contributed by atoms with Gasteiger partial charge in [-0.1, -0.05) is 31.5 Å². The maximum atomic E-state index is 12.2. The van der Waals surface area contributed by atoms with Gasteiger partial charge in [0.15, 0.2) is 0 Å². The minimum Gasteiger partial charge on any atom is -0.368 e. The highest BCUT2D eigenvalue weighted by Gasteiger charge is 2.23. The van der Waals surface area contributed by atoms with Crippen LogP contribution >= 0.6 is 11.6 Å². The molecule has 0 aliphatic carbocycles. The van der Waals surface area contributed by atoms with E-state index in [4.69, 9.17) is 17.3 Å². The zero-order valence-corrected chi connectivity index (χ0v) is 14.9. The zero-order valence-electron chi connectivity index (χ0n) is 14.2. The summed E-state index contributed by atoms with van der Waals surface area (Å²) in [5.41, 5.74) is 6.83. The van der Waals surface area contributed by atoms with E-state index < -0.39 is 6.04 Å². The Morgan fingerprint density at radius 2 is 1.92 bits per heavy atom. The fraction of sp³-hybridized carbons (Fsp3) is 0.529. The monoisotopic (exact) mass is 352 g/mol. The van der Waals surface area contributed by atoms with Gasteiger partial charge in [0, 0.05) is 36.9 Å². The lowest BCUT2D eigenvalue weighted by molar-refractivity contribution is -0.133. The van der Waals surface area contributed by atoms with Crippen LogP contribution in [-0.2, 0) is 9.59 Å². The van der Waals surface area contributed by atoms with Crippen LogP contribution in [0.4, 0.5) is 5.69 Å². The van der Waals surface area contributed by atoms with E-state index in [9.17, 15) is 9.59 Å². The Balaban J connectivity index is 1.79. The van der Waals surface area contributed by atoms with Crippen LogP contribution in [0.25, 0.3) is 0 Å². The van der Waals surface area contributed by atoms with Gasteiger partial charge < -0.3 is 20.9 Å². The van der Waals surface area contributed by atoms with Gasteiger partial charge in [0.2, 0.25) is 11.8 Å². The summed E-state index contributed by atoms with van der Waals surface area (Å²) in [6, 6.07) is 7.11. The topological polar surface area (TPSA) is 78.7 Å². The molecule has 1 aliphatic rings. The molecule has 0 saturated carbocycles. The summed E-state index contributed by atoms with van der Waals surface area (Å²) in [7, 11) is 0. The molecular formula is C17H25ClN4O2. The van der Waals surface area contributed by atoms with E-state index in [1.165, 1.54) is 0 Å². The number of rotatable bonds is 5. The van der Waals surface area contributed by atoms with E-state index in [-0.39, 0.29) is 24.3 Å². The molecule has 0 unspecified atom stereocenters. The number of nitrogens with one attached hydrogen (secondary N) is 1. The van der Waals surface area contributed by atoms with Crippen molar-refractivity contribution >= 4 is 29.1 Å². The van der Waals surface area contributed by atoms with E-state index >= 15 is 0 Å². The molecule has 1 aromatic rings. The molecule has 2 rings (SSSR count). The Morgan fingerprint density at radius 3 is 2.50 bits per heavy atom. The number of carbonyl (C=O) groups excluding carboxylic acids is 2. The minimum absolute atomic E-state index is 0.00355. The number of hydrogen-bond donors (Lipinski definition) is 2. The minimum atomic E-state index is -0.586. The third kappa shape index (κ3) is 4.85. The summed E-state index contributed by atoms with van der Waals surface area (Å²) in [6.45, 7) is 6.48. The molecule has 6 nitrogen and oxygen atoms in total. The van der Waals surface area contributed by atoms with Crippen molar-refractivity contribution in [1.29, 1.82) is 0 Å². The van der Waals surface area contributed by atoms with Gasteiger partial charge in [-0.15, -0.1) is 0 Å². The number of anilines is 1. The van der Waals surface area contributed by atoms with Crippen molar-refractivity contribution < 1.29 is 9.59 Å². The van der Waals surface area contributed by atoms with Crippen LogP contribution < -0.4 is 16.0 Å². The number of nitrogens with two attached hydrogens (primary N) is 1. The summed E-state index contributed by atoms with van der Waals surface area (Å²) in [6.07, 6.45) is 0. The second-order valence-electron chi connectivity index (χ2n) is 6.34. The van der Waals surface area contributed by atoms with E-state index in [1.807, 2.05) is 38.1 Å². The highest BCUT2D eigenvalue weighted by Crippen LogP contribution is 2.20. The van der Waals surface area contributed by atoms with Crippen LogP contribution in [0.1, 0.15) is 13.8 Å². The maximum absolute atomic E-state index is 12.2. The summed E-state index contributed by atoms with van der Waals surface area (Å²) in [5.74, 6) is -0.317. The van der Waals surface area contributed by atoms with Crippen molar-refractivity contribution in [2.75, 3.05) is 37.6 Å². The first-order valence-electron chi connectivity index (χ1n) is 8.20. The molecule has 1 fully saturated rings. The number of piperazine rings is 1. The number of amides is 2. The Hall–Kier alpha value is -1.79. The normalized spacial score (nSPS) is 16.2. The van der Waals surface area contributed by atoms with Crippen molar-refractivity contribution in [3.05, 3.63) is 29.3 Å². The molecule has 24 heavy (non-hydrogen) atoms. The first-order valence-corrected chi connectivity index (χ1v) is 8.58.